The number of rotatable bonds is 2. The lowest BCUT2D eigenvalue weighted by Crippen LogP contribution is -2.24. The van der Waals surface area contributed by atoms with Gasteiger partial charge in [-0.3, -0.25) is 9.59 Å². The first-order valence-electron chi connectivity index (χ1n) is 4.77. The van der Waals surface area contributed by atoms with Gasteiger partial charge in [0.1, 0.15) is 0 Å². The van der Waals surface area contributed by atoms with E-state index in [0.717, 1.165) is 11.3 Å². The Balaban J connectivity index is 2.31. The van der Waals surface area contributed by atoms with Gasteiger partial charge in [0.15, 0.2) is 5.78 Å². The quantitative estimate of drug-likeness (QED) is 0.745. The second kappa shape index (κ2) is 3.38. The third kappa shape index (κ3) is 1.70. The van der Waals surface area contributed by atoms with Gasteiger partial charge in [-0.25, -0.2) is 0 Å². The Morgan fingerprint density at radius 3 is 2.80 bits per heavy atom. The van der Waals surface area contributed by atoms with Crippen molar-refractivity contribution in [1.82, 2.24) is 0 Å². The summed E-state index contributed by atoms with van der Waals surface area (Å²) < 4.78 is 0. The van der Waals surface area contributed by atoms with Crippen molar-refractivity contribution < 1.29 is 9.59 Å². The van der Waals surface area contributed by atoms with Gasteiger partial charge in [0, 0.05) is 17.7 Å². The number of fused-ring (bicyclic) bond motifs is 1. The van der Waals surface area contributed by atoms with Gasteiger partial charge in [-0.15, -0.1) is 0 Å². The first-order valence-corrected chi connectivity index (χ1v) is 4.77. The van der Waals surface area contributed by atoms with Gasteiger partial charge in [-0.2, -0.15) is 0 Å². The molecule has 1 amide bonds. The maximum atomic E-state index is 11.2. The third-order valence-electron chi connectivity index (χ3n) is 2.64. The first kappa shape index (κ1) is 9.71. The largest absolute Gasteiger partial charge is 0.375 e. The number of amides is 1. The molecule has 1 aliphatic rings. The van der Waals surface area contributed by atoms with Crippen LogP contribution in [0.5, 0.6) is 0 Å². The highest BCUT2D eigenvalue weighted by Gasteiger charge is 2.24. The van der Waals surface area contributed by atoms with Crippen molar-refractivity contribution >= 4 is 17.4 Å². The Morgan fingerprint density at radius 1 is 1.47 bits per heavy atom. The van der Waals surface area contributed by atoms with Crippen LogP contribution < -0.4 is 11.1 Å². The molecule has 1 aromatic rings. The van der Waals surface area contributed by atoms with E-state index in [9.17, 15) is 9.59 Å². The van der Waals surface area contributed by atoms with Crippen LogP contribution in [0.4, 0.5) is 5.69 Å². The lowest BCUT2D eigenvalue weighted by Gasteiger charge is -2.05. The summed E-state index contributed by atoms with van der Waals surface area (Å²) in [5.41, 5.74) is 7.53. The fraction of sp³-hybridized carbons (Fsp3) is 0.273. The monoisotopic (exact) mass is 204 g/mol. The highest BCUT2D eigenvalue weighted by Crippen LogP contribution is 2.27. The molecule has 0 aliphatic carbocycles. The molecular weight excluding hydrogens is 192 g/mol. The summed E-state index contributed by atoms with van der Waals surface area (Å²) in [5, 5.41) is 3.07. The van der Waals surface area contributed by atoms with Gasteiger partial charge >= 0.3 is 0 Å². The molecule has 15 heavy (non-hydrogen) atoms. The minimum absolute atomic E-state index is 0.104. The number of nitrogens with one attached hydrogen (secondary N) is 1. The van der Waals surface area contributed by atoms with Crippen LogP contribution in [0.1, 0.15) is 22.8 Å². The normalized spacial score (nSPS) is 18.1. The van der Waals surface area contributed by atoms with Crippen LogP contribution >= 0.6 is 0 Å². The molecule has 4 nitrogen and oxygen atoms in total. The molecule has 0 bridgehead atoms. The van der Waals surface area contributed by atoms with Crippen LogP contribution in [-0.4, -0.2) is 17.7 Å². The summed E-state index contributed by atoms with van der Waals surface area (Å²) in [4.78, 5) is 22.1. The fourth-order valence-electron chi connectivity index (χ4n) is 1.75. The molecule has 0 fully saturated rings. The summed E-state index contributed by atoms with van der Waals surface area (Å²) in [6.45, 7) is 1.55. The van der Waals surface area contributed by atoms with Gasteiger partial charge in [-0.1, -0.05) is 6.07 Å². The van der Waals surface area contributed by atoms with Crippen molar-refractivity contribution in [2.24, 2.45) is 5.73 Å². The molecule has 0 spiro atoms. The van der Waals surface area contributed by atoms with E-state index in [1.165, 1.54) is 0 Å². The average Bonchev–Trinajstić information content (AvgIpc) is 2.59. The number of hydrogen-bond acceptors (Lipinski definition) is 3. The number of ketones is 1. The molecular formula is C11H12N2O2. The number of nitrogens with two attached hydrogens (primary N) is 1. The smallest absolute Gasteiger partial charge is 0.248 e. The molecule has 1 atom stereocenters. The highest BCUT2D eigenvalue weighted by molar-refractivity contribution is 5.95. The number of carbonyl (C=O) groups excluding carboxylic acids is 2. The lowest BCUT2D eigenvalue weighted by molar-refractivity contribution is -0.117. The van der Waals surface area contributed by atoms with Crippen LogP contribution in [0.25, 0.3) is 0 Å². The number of anilines is 1. The molecule has 1 unspecified atom stereocenters. The predicted molar refractivity (Wildman–Crippen MR) is 56.8 cm³/mol. The van der Waals surface area contributed by atoms with Crippen LogP contribution in [0.15, 0.2) is 18.2 Å². The SMILES string of the molecule is CC(=O)C1Cc2ccc(C(N)=O)cc2N1. The number of benzene rings is 1. The Kier molecular flexibility index (Phi) is 2.19. The number of hydrogen-bond donors (Lipinski definition) is 2. The Hall–Kier alpha value is -1.84. The Morgan fingerprint density at radius 2 is 2.20 bits per heavy atom. The summed E-state index contributed by atoms with van der Waals surface area (Å²) in [7, 11) is 0. The number of Topliss-reactive ketones (excluding diaryl/α,β-unsaturated/α-hetero) is 1. The average molecular weight is 204 g/mol. The van der Waals surface area contributed by atoms with Crippen molar-refractivity contribution in [3.8, 4) is 0 Å². The van der Waals surface area contributed by atoms with E-state index in [1.807, 2.05) is 6.07 Å². The van der Waals surface area contributed by atoms with Crippen molar-refractivity contribution in [3.05, 3.63) is 29.3 Å². The molecule has 4 heteroatoms. The molecule has 78 valence electrons. The van der Waals surface area contributed by atoms with E-state index in [4.69, 9.17) is 5.73 Å². The van der Waals surface area contributed by atoms with Crippen LogP contribution in [0, 0.1) is 0 Å². The predicted octanol–water partition coefficient (Wildman–Crippen LogP) is 0.711. The topological polar surface area (TPSA) is 72.2 Å². The zero-order valence-electron chi connectivity index (χ0n) is 8.41. The van der Waals surface area contributed by atoms with E-state index in [-0.39, 0.29) is 11.8 Å². The molecule has 0 saturated heterocycles. The molecule has 0 radical (unpaired) electrons. The molecule has 3 N–H and O–H groups in total. The number of carbonyl (C=O) groups is 2. The molecule has 1 aromatic carbocycles. The van der Waals surface area contributed by atoms with E-state index in [2.05, 4.69) is 5.32 Å². The molecule has 1 heterocycles. The van der Waals surface area contributed by atoms with Crippen molar-refractivity contribution in [1.29, 1.82) is 0 Å². The Labute approximate surface area is 87.5 Å². The van der Waals surface area contributed by atoms with Crippen molar-refractivity contribution in [3.63, 3.8) is 0 Å². The lowest BCUT2D eigenvalue weighted by atomic mass is 10.1. The van der Waals surface area contributed by atoms with E-state index in [0.29, 0.717) is 12.0 Å². The van der Waals surface area contributed by atoms with Crippen LogP contribution in [-0.2, 0) is 11.2 Å². The van der Waals surface area contributed by atoms with Crippen molar-refractivity contribution in [2.75, 3.05) is 5.32 Å². The van der Waals surface area contributed by atoms with Crippen molar-refractivity contribution in [2.45, 2.75) is 19.4 Å². The summed E-state index contributed by atoms with van der Waals surface area (Å²) >= 11 is 0. The summed E-state index contributed by atoms with van der Waals surface area (Å²) in [5.74, 6) is -0.349. The minimum atomic E-state index is -0.453. The minimum Gasteiger partial charge on any atom is -0.375 e. The first-order chi connectivity index (χ1) is 7.08. The maximum Gasteiger partial charge on any atom is 0.248 e. The summed E-state index contributed by atoms with van der Waals surface area (Å²) in [6, 6.07) is 5.06. The highest BCUT2D eigenvalue weighted by atomic mass is 16.1. The second-order valence-electron chi connectivity index (χ2n) is 3.75. The van der Waals surface area contributed by atoms with Gasteiger partial charge in [0.2, 0.25) is 5.91 Å². The number of primary amides is 1. The van der Waals surface area contributed by atoms with Gasteiger partial charge < -0.3 is 11.1 Å². The Bertz CT molecular complexity index is 440. The van der Waals surface area contributed by atoms with E-state index >= 15 is 0 Å². The zero-order chi connectivity index (χ0) is 11.0. The standard InChI is InChI=1S/C11H12N2O2/c1-6(14)9-4-7-2-3-8(11(12)15)5-10(7)13-9/h2-3,5,9,13H,4H2,1H3,(H2,12,15). The molecule has 0 aromatic heterocycles. The van der Waals surface area contributed by atoms with Gasteiger partial charge in [-0.05, 0) is 24.6 Å². The fourth-order valence-corrected chi connectivity index (χ4v) is 1.75. The van der Waals surface area contributed by atoms with E-state index < -0.39 is 5.91 Å². The zero-order valence-corrected chi connectivity index (χ0v) is 8.41. The van der Waals surface area contributed by atoms with E-state index in [1.54, 1.807) is 19.1 Å². The second-order valence-corrected chi connectivity index (χ2v) is 3.75. The van der Waals surface area contributed by atoms with Crippen LogP contribution in [0.3, 0.4) is 0 Å². The van der Waals surface area contributed by atoms with Gasteiger partial charge in [0.25, 0.3) is 0 Å². The third-order valence-corrected chi connectivity index (χ3v) is 2.64. The molecule has 0 saturated carbocycles. The molecule has 1 aliphatic heterocycles. The summed E-state index contributed by atoms with van der Waals surface area (Å²) in [6.07, 6.45) is 0.684. The van der Waals surface area contributed by atoms with Crippen LogP contribution in [0.2, 0.25) is 0 Å². The maximum absolute atomic E-state index is 11.2. The molecule has 2 rings (SSSR count). The van der Waals surface area contributed by atoms with Gasteiger partial charge in [0.05, 0.1) is 6.04 Å².